The summed E-state index contributed by atoms with van der Waals surface area (Å²) < 4.78 is 39.2. The molecule has 1 saturated heterocycles. The molecule has 8 nitrogen and oxygen atoms in total. The maximum atomic E-state index is 13.4. The van der Waals surface area contributed by atoms with Crippen LogP contribution in [0.5, 0.6) is 11.5 Å². The lowest BCUT2D eigenvalue weighted by Crippen LogP contribution is -2.40. The fourth-order valence-electron chi connectivity index (χ4n) is 3.88. The van der Waals surface area contributed by atoms with Gasteiger partial charge >= 0.3 is 0 Å². The molecule has 1 aliphatic rings. The second kappa shape index (κ2) is 9.46. The van der Waals surface area contributed by atoms with Crippen LogP contribution in [0.15, 0.2) is 30.6 Å². The van der Waals surface area contributed by atoms with Gasteiger partial charge in [0, 0.05) is 24.7 Å². The van der Waals surface area contributed by atoms with E-state index in [1.54, 1.807) is 11.0 Å². The number of ether oxygens (including phenoxy) is 2. The lowest BCUT2D eigenvalue weighted by molar-refractivity contribution is -0.134. The van der Waals surface area contributed by atoms with Gasteiger partial charge in [-0.3, -0.25) is 4.79 Å². The zero-order chi connectivity index (χ0) is 22.7. The average molecular weight is 445 g/mol. The Kier molecular flexibility index (Phi) is 6.48. The lowest BCUT2D eigenvalue weighted by atomic mass is 9.93. The first kappa shape index (κ1) is 21.9. The number of likely N-dealkylation sites (tertiary alicyclic amines) is 1. The minimum atomic E-state index is -2.68. The Hall–Kier alpha value is -3.30. The van der Waals surface area contributed by atoms with Gasteiger partial charge in [-0.05, 0) is 50.5 Å². The summed E-state index contributed by atoms with van der Waals surface area (Å²) in [6.45, 7) is 5.27. The van der Waals surface area contributed by atoms with E-state index in [9.17, 15) is 13.6 Å². The normalized spacial score (nSPS) is 14.8. The number of hydrogen-bond acceptors (Lipinski definition) is 6. The Morgan fingerprint density at radius 3 is 2.69 bits per heavy atom. The summed E-state index contributed by atoms with van der Waals surface area (Å²) in [5, 5.41) is 3.82. The smallest absolute Gasteiger partial charge is 0.280 e. The summed E-state index contributed by atoms with van der Waals surface area (Å²) in [4.78, 5) is 22.7. The summed E-state index contributed by atoms with van der Waals surface area (Å²) in [7, 11) is 0. The minimum Gasteiger partial charge on any atom is -0.490 e. The Labute approximate surface area is 184 Å². The standard InChI is InChI=1S/C22H25F2N5O3/c1-3-31-19-10-14(2)4-5-18(19)32-12-20(30)28-8-6-15(7-9-28)16-11-17(21(23)24)29-22(27-16)25-13-26-29/h4-5,10-11,13,15,21H,3,6-9,12H2,1-2H3. The Balaban J connectivity index is 1.37. The molecule has 0 aliphatic carbocycles. The van der Waals surface area contributed by atoms with Gasteiger partial charge in [-0.25, -0.2) is 13.8 Å². The third-order valence-electron chi connectivity index (χ3n) is 5.54. The van der Waals surface area contributed by atoms with E-state index in [0.29, 0.717) is 49.7 Å². The molecule has 0 N–H and O–H groups in total. The Morgan fingerprint density at radius 1 is 1.19 bits per heavy atom. The van der Waals surface area contributed by atoms with Crippen molar-refractivity contribution in [2.45, 2.75) is 39.0 Å². The van der Waals surface area contributed by atoms with Crippen LogP contribution in [0, 0.1) is 6.92 Å². The first-order valence-corrected chi connectivity index (χ1v) is 10.6. The van der Waals surface area contributed by atoms with Crippen LogP contribution in [0.2, 0.25) is 0 Å². The van der Waals surface area contributed by atoms with Crippen molar-refractivity contribution in [3.63, 3.8) is 0 Å². The molecule has 32 heavy (non-hydrogen) atoms. The molecular weight excluding hydrogens is 420 g/mol. The van der Waals surface area contributed by atoms with Crippen molar-refractivity contribution in [3.05, 3.63) is 47.5 Å². The first-order valence-electron chi connectivity index (χ1n) is 10.6. The third kappa shape index (κ3) is 4.63. The predicted molar refractivity (Wildman–Crippen MR) is 112 cm³/mol. The van der Waals surface area contributed by atoms with Crippen LogP contribution in [0.1, 0.15) is 49.1 Å². The van der Waals surface area contributed by atoms with Gasteiger partial charge in [0.2, 0.25) is 0 Å². The number of halogens is 2. The number of amides is 1. The lowest BCUT2D eigenvalue weighted by Gasteiger charge is -2.31. The molecule has 10 heteroatoms. The molecule has 1 amide bonds. The maximum Gasteiger partial charge on any atom is 0.280 e. The van der Waals surface area contributed by atoms with Crippen molar-refractivity contribution in [1.29, 1.82) is 0 Å². The molecule has 1 aromatic carbocycles. The highest BCUT2D eigenvalue weighted by Gasteiger charge is 2.27. The predicted octanol–water partition coefficient (Wildman–Crippen LogP) is 3.55. The van der Waals surface area contributed by atoms with Crippen molar-refractivity contribution >= 4 is 11.7 Å². The summed E-state index contributed by atoms with van der Waals surface area (Å²) in [6.07, 6.45) is -0.214. The van der Waals surface area contributed by atoms with Gasteiger partial charge in [0.25, 0.3) is 18.1 Å². The number of alkyl halides is 2. The summed E-state index contributed by atoms with van der Waals surface area (Å²) >= 11 is 0. The van der Waals surface area contributed by atoms with Gasteiger partial charge in [0.05, 0.1) is 6.61 Å². The number of aryl methyl sites for hydroxylation is 1. The van der Waals surface area contributed by atoms with E-state index >= 15 is 0 Å². The second-order valence-corrected chi connectivity index (χ2v) is 7.71. The van der Waals surface area contributed by atoms with Crippen molar-refractivity contribution in [1.82, 2.24) is 24.5 Å². The van der Waals surface area contributed by atoms with E-state index in [-0.39, 0.29) is 29.9 Å². The Morgan fingerprint density at radius 2 is 1.97 bits per heavy atom. The second-order valence-electron chi connectivity index (χ2n) is 7.71. The number of aromatic nitrogens is 4. The monoisotopic (exact) mass is 445 g/mol. The highest BCUT2D eigenvalue weighted by molar-refractivity contribution is 5.78. The highest BCUT2D eigenvalue weighted by atomic mass is 19.3. The molecule has 0 atom stereocenters. The quantitative estimate of drug-likeness (QED) is 0.553. The molecule has 0 bridgehead atoms. The van der Waals surface area contributed by atoms with Crippen LogP contribution in [-0.2, 0) is 4.79 Å². The fraction of sp³-hybridized carbons (Fsp3) is 0.455. The molecule has 3 heterocycles. The first-order chi connectivity index (χ1) is 15.5. The number of hydrogen-bond donors (Lipinski definition) is 0. The number of nitrogens with zero attached hydrogens (tertiary/aromatic N) is 5. The topological polar surface area (TPSA) is 81.9 Å². The van der Waals surface area contributed by atoms with Crippen molar-refractivity contribution in [2.24, 2.45) is 0 Å². The van der Waals surface area contributed by atoms with E-state index in [2.05, 4.69) is 15.1 Å². The van der Waals surface area contributed by atoms with Crippen LogP contribution in [-0.4, -0.2) is 56.7 Å². The van der Waals surface area contributed by atoms with Crippen LogP contribution >= 0.6 is 0 Å². The maximum absolute atomic E-state index is 13.4. The molecule has 2 aromatic heterocycles. The van der Waals surface area contributed by atoms with Gasteiger partial charge in [-0.2, -0.15) is 14.6 Å². The van der Waals surface area contributed by atoms with Gasteiger partial charge in [-0.15, -0.1) is 0 Å². The van der Waals surface area contributed by atoms with Gasteiger partial charge in [-0.1, -0.05) is 6.07 Å². The number of benzene rings is 1. The van der Waals surface area contributed by atoms with E-state index in [1.165, 1.54) is 12.4 Å². The molecule has 3 aromatic rings. The van der Waals surface area contributed by atoms with Crippen LogP contribution in [0.25, 0.3) is 5.78 Å². The molecular formula is C22H25F2N5O3. The summed E-state index contributed by atoms with van der Waals surface area (Å²) in [5.41, 5.74) is 1.38. The van der Waals surface area contributed by atoms with E-state index in [1.807, 2.05) is 26.0 Å². The summed E-state index contributed by atoms with van der Waals surface area (Å²) in [6, 6.07) is 6.97. The van der Waals surface area contributed by atoms with Crippen molar-refractivity contribution in [3.8, 4) is 11.5 Å². The molecule has 0 unspecified atom stereocenters. The zero-order valence-electron chi connectivity index (χ0n) is 18.0. The van der Waals surface area contributed by atoms with Gasteiger partial charge < -0.3 is 14.4 Å². The highest BCUT2D eigenvalue weighted by Crippen LogP contribution is 2.31. The molecule has 0 spiro atoms. The van der Waals surface area contributed by atoms with Crippen molar-refractivity contribution < 1.29 is 23.0 Å². The molecule has 1 fully saturated rings. The largest absolute Gasteiger partial charge is 0.490 e. The SMILES string of the molecule is CCOc1cc(C)ccc1OCC(=O)N1CCC(c2cc(C(F)F)n3ncnc3n2)CC1. The average Bonchev–Trinajstić information content (AvgIpc) is 3.26. The summed E-state index contributed by atoms with van der Waals surface area (Å²) in [5.74, 6) is 1.16. The molecule has 0 radical (unpaired) electrons. The van der Waals surface area contributed by atoms with Crippen LogP contribution < -0.4 is 9.47 Å². The molecule has 1 aliphatic heterocycles. The number of carbonyl (C=O) groups excluding carboxylic acids is 1. The van der Waals surface area contributed by atoms with E-state index in [4.69, 9.17) is 9.47 Å². The number of piperidine rings is 1. The van der Waals surface area contributed by atoms with Gasteiger partial charge in [0.1, 0.15) is 12.0 Å². The van der Waals surface area contributed by atoms with E-state index < -0.39 is 6.43 Å². The fourth-order valence-corrected chi connectivity index (χ4v) is 3.88. The minimum absolute atomic E-state index is 0.0270. The zero-order valence-corrected chi connectivity index (χ0v) is 18.0. The molecule has 170 valence electrons. The molecule has 0 saturated carbocycles. The Bertz CT molecular complexity index is 1100. The van der Waals surface area contributed by atoms with Gasteiger partial charge in [0.15, 0.2) is 18.1 Å². The number of carbonyl (C=O) groups is 1. The van der Waals surface area contributed by atoms with Crippen LogP contribution in [0.4, 0.5) is 8.78 Å². The van der Waals surface area contributed by atoms with E-state index in [0.717, 1.165) is 10.1 Å². The number of fused-ring (bicyclic) bond motifs is 1. The van der Waals surface area contributed by atoms with Crippen LogP contribution in [0.3, 0.4) is 0 Å². The van der Waals surface area contributed by atoms with Crippen molar-refractivity contribution in [2.75, 3.05) is 26.3 Å². The number of rotatable bonds is 7. The third-order valence-corrected chi connectivity index (χ3v) is 5.54. The molecule has 4 rings (SSSR count).